The van der Waals surface area contributed by atoms with Gasteiger partial charge in [-0.1, -0.05) is 18.3 Å². The number of thiocarbonyl (C=S) groups is 1. The zero-order valence-corrected chi connectivity index (χ0v) is 12.7. The number of piperidine rings is 1. The summed E-state index contributed by atoms with van der Waals surface area (Å²) < 4.78 is 13.7. The van der Waals surface area contributed by atoms with Gasteiger partial charge in [-0.15, -0.1) is 0 Å². The fourth-order valence-electron chi connectivity index (χ4n) is 2.68. The van der Waals surface area contributed by atoms with Gasteiger partial charge >= 0.3 is 0 Å². The maximum Gasteiger partial charge on any atom is 0.135 e. The Morgan fingerprint density at radius 1 is 1.45 bits per heavy atom. The van der Waals surface area contributed by atoms with Crippen molar-refractivity contribution in [3.05, 3.63) is 29.6 Å². The van der Waals surface area contributed by atoms with Gasteiger partial charge in [-0.2, -0.15) is 0 Å². The maximum atomic E-state index is 13.7. The van der Waals surface area contributed by atoms with Crippen LogP contribution < -0.4 is 11.1 Å². The molecule has 1 aliphatic heterocycles. The molecule has 0 radical (unpaired) electrons. The zero-order valence-electron chi connectivity index (χ0n) is 11.9. The molecule has 2 rings (SSSR count). The van der Waals surface area contributed by atoms with Crippen molar-refractivity contribution in [2.24, 2.45) is 11.7 Å². The van der Waals surface area contributed by atoms with Gasteiger partial charge in [0.25, 0.3) is 0 Å². The molecular formula is C15H22FN3S. The maximum absolute atomic E-state index is 13.7. The third-order valence-electron chi connectivity index (χ3n) is 3.97. The lowest BCUT2D eigenvalue weighted by molar-refractivity contribution is 0.215. The van der Waals surface area contributed by atoms with Gasteiger partial charge in [0, 0.05) is 12.2 Å². The summed E-state index contributed by atoms with van der Waals surface area (Å²) in [6.45, 7) is 3.17. The molecule has 0 aliphatic carbocycles. The van der Waals surface area contributed by atoms with E-state index in [1.54, 1.807) is 6.07 Å². The summed E-state index contributed by atoms with van der Waals surface area (Å²) in [4.78, 5) is 2.46. The van der Waals surface area contributed by atoms with E-state index in [-0.39, 0.29) is 10.8 Å². The molecular weight excluding hydrogens is 273 g/mol. The predicted octanol–water partition coefficient (Wildman–Crippen LogP) is 2.60. The monoisotopic (exact) mass is 295 g/mol. The number of hydrogen-bond acceptors (Lipinski definition) is 3. The van der Waals surface area contributed by atoms with E-state index in [4.69, 9.17) is 18.0 Å². The van der Waals surface area contributed by atoms with Crippen molar-refractivity contribution in [2.75, 3.05) is 32.0 Å². The van der Waals surface area contributed by atoms with Crippen LogP contribution in [0.2, 0.25) is 0 Å². The topological polar surface area (TPSA) is 41.3 Å². The van der Waals surface area contributed by atoms with Crippen molar-refractivity contribution in [3.63, 3.8) is 0 Å². The van der Waals surface area contributed by atoms with E-state index in [9.17, 15) is 4.39 Å². The Kier molecular flexibility index (Phi) is 5.31. The molecule has 0 amide bonds. The SMILES string of the molecule is CN1CCC(CCNc2cccc(F)c2C(N)=S)CC1. The van der Waals surface area contributed by atoms with E-state index in [1.807, 2.05) is 6.07 Å². The highest BCUT2D eigenvalue weighted by atomic mass is 32.1. The van der Waals surface area contributed by atoms with Crippen LogP contribution >= 0.6 is 12.2 Å². The fourth-order valence-corrected chi connectivity index (χ4v) is 2.89. The highest BCUT2D eigenvalue weighted by molar-refractivity contribution is 7.80. The van der Waals surface area contributed by atoms with E-state index >= 15 is 0 Å². The molecule has 20 heavy (non-hydrogen) atoms. The number of benzene rings is 1. The van der Waals surface area contributed by atoms with Crippen LogP contribution in [0.15, 0.2) is 18.2 Å². The second-order valence-corrected chi connectivity index (χ2v) is 5.93. The Balaban J connectivity index is 1.88. The number of nitrogens with one attached hydrogen (secondary N) is 1. The number of rotatable bonds is 5. The first-order chi connectivity index (χ1) is 9.58. The summed E-state index contributed by atoms with van der Waals surface area (Å²) in [5.74, 6) is 0.391. The molecule has 1 fully saturated rings. The highest BCUT2D eigenvalue weighted by Gasteiger charge is 2.16. The molecule has 1 heterocycles. The molecule has 110 valence electrons. The lowest BCUT2D eigenvalue weighted by atomic mass is 9.94. The summed E-state index contributed by atoms with van der Waals surface area (Å²) in [5.41, 5.74) is 6.62. The molecule has 1 aromatic rings. The van der Waals surface area contributed by atoms with Crippen LogP contribution in [0.4, 0.5) is 10.1 Å². The first-order valence-corrected chi connectivity index (χ1v) is 7.49. The van der Waals surface area contributed by atoms with E-state index in [1.165, 1.54) is 32.0 Å². The number of nitrogens with two attached hydrogens (primary N) is 1. The predicted molar refractivity (Wildman–Crippen MR) is 85.6 cm³/mol. The van der Waals surface area contributed by atoms with Gasteiger partial charge in [-0.05, 0) is 57.5 Å². The lowest BCUT2D eigenvalue weighted by Gasteiger charge is -2.29. The Bertz CT molecular complexity index is 470. The fraction of sp³-hybridized carbons (Fsp3) is 0.533. The van der Waals surface area contributed by atoms with Gasteiger partial charge in [0.2, 0.25) is 0 Å². The van der Waals surface area contributed by atoms with Crippen molar-refractivity contribution in [1.82, 2.24) is 4.90 Å². The van der Waals surface area contributed by atoms with Gasteiger partial charge in [0.1, 0.15) is 10.8 Å². The first kappa shape index (κ1) is 15.2. The quantitative estimate of drug-likeness (QED) is 0.819. The minimum Gasteiger partial charge on any atom is -0.389 e. The average Bonchev–Trinajstić information content (AvgIpc) is 2.40. The van der Waals surface area contributed by atoms with Crippen LogP contribution in [0, 0.1) is 11.7 Å². The van der Waals surface area contributed by atoms with Gasteiger partial charge in [-0.25, -0.2) is 4.39 Å². The molecule has 0 unspecified atom stereocenters. The summed E-state index contributed by atoms with van der Waals surface area (Å²) >= 11 is 4.92. The summed E-state index contributed by atoms with van der Waals surface area (Å²) in [7, 11) is 2.16. The van der Waals surface area contributed by atoms with Crippen molar-refractivity contribution in [3.8, 4) is 0 Å². The van der Waals surface area contributed by atoms with Crippen LogP contribution in [-0.4, -0.2) is 36.6 Å². The van der Waals surface area contributed by atoms with Crippen molar-refractivity contribution < 1.29 is 4.39 Å². The molecule has 0 spiro atoms. The molecule has 0 saturated carbocycles. The first-order valence-electron chi connectivity index (χ1n) is 7.08. The van der Waals surface area contributed by atoms with Gasteiger partial charge in [0.05, 0.1) is 5.56 Å². The molecule has 0 aromatic heterocycles. The minimum absolute atomic E-state index is 0.102. The summed E-state index contributed by atoms with van der Waals surface area (Å²) in [5, 5.41) is 3.27. The number of hydrogen-bond donors (Lipinski definition) is 2. The van der Waals surface area contributed by atoms with Crippen molar-refractivity contribution >= 4 is 22.9 Å². The smallest absolute Gasteiger partial charge is 0.135 e. The van der Waals surface area contributed by atoms with E-state index in [2.05, 4.69) is 17.3 Å². The molecule has 0 bridgehead atoms. The van der Waals surface area contributed by atoms with E-state index < -0.39 is 0 Å². The number of halogens is 1. The standard InChI is InChI=1S/C15H22FN3S/c1-19-9-6-11(7-10-19)5-8-18-13-4-2-3-12(16)14(13)15(17)20/h2-4,11,18H,5-10H2,1H3,(H2,17,20). The molecule has 1 aliphatic rings. The third kappa shape index (κ3) is 3.90. The van der Waals surface area contributed by atoms with Crippen LogP contribution in [0.3, 0.4) is 0 Å². The summed E-state index contributed by atoms with van der Waals surface area (Å²) in [6.07, 6.45) is 3.58. The van der Waals surface area contributed by atoms with Crippen molar-refractivity contribution in [1.29, 1.82) is 0 Å². The summed E-state index contributed by atoms with van der Waals surface area (Å²) in [6, 6.07) is 4.89. The number of anilines is 1. The molecule has 0 atom stereocenters. The Morgan fingerprint density at radius 3 is 2.80 bits per heavy atom. The number of nitrogens with zero attached hydrogens (tertiary/aromatic N) is 1. The second-order valence-electron chi connectivity index (χ2n) is 5.49. The van der Waals surface area contributed by atoms with Crippen LogP contribution in [-0.2, 0) is 0 Å². The highest BCUT2D eigenvalue weighted by Crippen LogP contribution is 2.22. The average molecular weight is 295 g/mol. The molecule has 3 N–H and O–H groups in total. The molecule has 3 nitrogen and oxygen atoms in total. The normalized spacial score (nSPS) is 17.1. The molecule has 1 aromatic carbocycles. The molecule has 5 heteroatoms. The Labute approximate surface area is 125 Å². The Hall–Kier alpha value is -1.20. The van der Waals surface area contributed by atoms with Crippen LogP contribution in [0.5, 0.6) is 0 Å². The van der Waals surface area contributed by atoms with Crippen molar-refractivity contribution in [2.45, 2.75) is 19.3 Å². The Morgan fingerprint density at radius 2 is 2.15 bits per heavy atom. The lowest BCUT2D eigenvalue weighted by Crippen LogP contribution is -2.31. The largest absolute Gasteiger partial charge is 0.389 e. The van der Waals surface area contributed by atoms with Gasteiger partial charge in [0.15, 0.2) is 0 Å². The van der Waals surface area contributed by atoms with E-state index in [0.29, 0.717) is 11.3 Å². The van der Waals surface area contributed by atoms with Crippen LogP contribution in [0.1, 0.15) is 24.8 Å². The minimum atomic E-state index is -0.359. The third-order valence-corrected chi connectivity index (χ3v) is 4.17. The van der Waals surface area contributed by atoms with Gasteiger partial charge in [-0.3, -0.25) is 0 Å². The van der Waals surface area contributed by atoms with Gasteiger partial charge < -0.3 is 16.0 Å². The molecule has 1 saturated heterocycles. The number of likely N-dealkylation sites (tertiary alicyclic amines) is 1. The zero-order chi connectivity index (χ0) is 14.5. The van der Waals surface area contributed by atoms with E-state index in [0.717, 1.165) is 18.9 Å². The second kappa shape index (κ2) is 6.99. The van der Waals surface area contributed by atoms with Crippen LogP contribution in [0.25, 0.3) is 0 Å².